The Morgan fingerprint density at radius 1 is 1.25 bits per heavy atom. The zero-order valence-electron chi connectivity index (χ0n) is 13.5. The summed E-state index contributed by atoms with van der Waals surface area (Å²) >= 11 is 0. The Hall–Kier alpha value is -2.56. The predicted octanol–water partition coefficient (Wildman–Crippen LogP) is 3.15. The lowest BCUT2D eigenvalue weighted by atomic mass is 10.1. The minimum Gasteiger partial charge on any atom is -0.469 e. The molecule has 0 saturated heterocycles. The van der Waals surface area contributed by atoms with Gasteiger partial charge in [0.25, 0.3) is 0 Å². The van der Waals surface area contributed by atoms with Crippen LogP contribution in [0, 0.1) is 5.92 Å². The number of carbonyl (C=O) groups is 2. The van der Waals surface area contributed by atoms with Crippen LogP contribution < -0.4 is 10.2 Å². The van der Waals surface area contributed by atoms with Crippen molar-refractivity contribution < 1.29 is 14.0 Å². The minimum absolute atomic E-state index is 0.0322. The second kappa shape index (κ2) is 6.15. The Morgan fingerprint density at radius 2 is 2.12 bits per heavy atom. The molecule has 1 N–H and O–H groups in total. The Kier molecular flexibility index (Phi) is 3.84. The van der Waals surface area contributed by atoms with Crippen molar-refractivity contribution in [3.63, 3.8) is 0 Å². The highest BCUT2D eigenvalue weighted by Crippen LogP contribution is 2.37. The van der Waals surface area contributed by atoms with Crippen LogP contribution in [0.3, 0.4) is 0 Å². The van der Waals surface area contributed by atoms with Crippen LogP contribution >= 0.6 is 0 Å². The van der Waals surface area contributed by atoms with Crippen LogP contribution in [-0.4, -0.2) is 18.4 Å². The molecule has 0 atom stereocenters. The van der Waals surface area contributed by atoms with E-state index in [1.54, 1.807) is 6.26 Å². The van der Waals surface area contributed by atoms with E-state index in [1.807, 2.05) is 35.2 Å². The molecule has 24 heavy (non-hydrogen) atoms. The summed E-state index contributed by atoms with van der Waals surface area (Å²) in [5.41, 5.74) is 2.92. The van der Waals surface area contributed by atoms with Gasteiger partial charge in [-0.15, -0.1) is 0 Å². The van der Waals surface area contributed by atoms with E-state index < -0.39 is 0 Å². The molecule has 0 radical (unpaired) electrons. The third kappa shape index (κ3) is 3.07. The van der Waals surface area contributed by atoms with Crippen molar-refractivity contribution in [1.82, 2.24) is 0 Å². The summed E-state index contributed by atoms with van der Waals surface area (Å²) in [6, 6.07) is 9.50. The molecule has 1 aromatic carbocycles. The quantitative estimate of drug-likeness (QED) is 0.919. The molecular formula is C19H20N2O3. The van der Waals surface area contributed by atoms with Crippen molar-refractivity contribution in [1.29, 1.82) is 0 Å². The first kappa shape index (κ1) is 15.0. The lowest BCUT2D eigenvalue weighted by molar-refractivity contribution is -0.119. The Morgan fingerprint density at radius 3 is 2.88 bits per heavy atom. The monoisotopic (exact) mass is 324 g/mol. The SMILES string of the molecule is O=C(CCc1ccco1)Nc1ccc2c(c1)CCN2C(=O)C1CC1. The molecule has 1 fully saturated rings. The van der Waals surface area contributed by atoms with Crippen molar-refractivity contribution >= 4 is 23.2 Å². The summed E-state index contributed by atoms with van der Waals surface area (Å²) in [5.74, 6) is 1.27. The number of amides is 2. The average Bonchev–Trinajstić information content (AvgIpc) is 3.14. The van der Waals surface area contributed by atoms with Crippen molar-refractivity contribution in [2.75, 3.05) is 16.8 Å². The molecule has 2 aliphatic rings. The number of carbonyl (C=O) groups excluding carboxylic acids is 2. The van der Waals surface area contributed by atoms with E-state index in [0.29, 0.717) is 12.8 Å². The molecule has 1 saturated carbocycles. The van der Waals surface area contributed by atoms with Crippen molar-refractivity contribution in [2.24, 2.45) is 5.92 Å². The molecule has 2 aromatic rings. The first-order valence-corrected chi connectivity index (χ1v) is 8.47. The molecule has 2 amide bonds. The van der Waals surface area contributed by atoms with Crippen molar-refractivity contribution in [3.05, 3.63) is 47.9 Å². The van der Waals surface area contributed by atoms with E-state index in [0.717, 1.165) is 48.5 Å². The van der Waals surface area contributed by atoms with Gasteiger partial charge in [-0.1, -0.05) is 0 Å². The van der Waals surface area contributed by atoms with Gasteiger partial charge in [-0.2, -0.15) is 0 Å². The topological polar surface area (TPSA) is 62.6 Å². The zero-order valence-corrected chi connectivity index (χ0v) is 13.5. The van der Waals surface area contributed by atoms with Gasteiger partial charge in [-0.25, -0.2) is 0 Å². The number of rotatable bonds is 5. The van der Waals surface area contributed by atoms with Gasteiger partial charge < -0.3 is 14.6 Å². The maximum absolute atomic E-state index is 12.3. The fourth-order valence-corrected chi connectivity index (χ4v) is 3.17. The highest BCUT2D eigenvalue weighted by Gasteiger charge is 2.36. The minimum atomic E-state index is -0.0322. The van der Waals surface area contributed by atoms with Crippen LogP contribution in [0.5, 0.6) is 0 Å². The van der Waals surface area contributed by atoms with Crippen molar-refractivity contribution in [2.45, 2.75) is 32.1 Å². The van der Waals surface area contributed by atoms with E-state index in [9.17, 15) is 9.59 Å². The average molecular weight is 324 g/mol. The maximum Gasteiger partial charge on any atom is 0.230 e. The number of fused-ring (bicyclic) bond motifs is 1. The predicted molar refractivity (Wildman–Crippen MR) is 90.9 cm³/mol. The van der Waals surface area contributed by atoms with Crippen LogP contribution in [0.15, 0.2) is 41.0 Å². The molecule has 124 valence electrons. The highest BCUT2D eigenvalue weighted by atomic mass is 16.3. The third-order valence-electron chi connectivity index (χ3n) is 4.63. The number of hydrogen-bond donors (Lipinski definition) is 1. The second-order valence-corrected chi connectivity index (χ2v) is 6.49. The Balaban J connectivity index is 1.38. The van der Waals surface area contributed by atoms with E-state index in [1.165, 1.54) is 0 Å². The van der Waals surface area contributed by atoms with E-state index in [-0.39, 0.29) is 17.7 Å². The Bertz CT molecular complexity index is 763. The highest BCUT2D eigenvalue weighted by molar-refractivity contribution is 5.99. The zero-order chi connectivity index (χ0) is 16.5. The van der Waals surface area contributed by atoms with Gasteiger partial charge in [-0.3, -0.25) is 9.59 Å². The molecule has 5 nitrogen and oxygen atoms in total. The number of anilines is 2. The summed E-state index contributed by atoms with van der Waals surface area (Å²) in [7, 11) is 0. The smallest absolute Gasteiger partial charge is 0.230 e. The van der Waals surface area contributed by atoms with E-state index in [2.05, 4.69) is 5.32 Å². The fraction of sp³-hybridized carbons (Fsp3) is 0.368. The van der Waals surface area contributed by atoms with Gasteiger partial charge in [0.1, 0.15) is 5.76 Å². The first-order chi connectivity index (χ1) is 11.7. The number of benzene rings is 1. The van der Waals surface area contributed by atoms with E-state index in [4.69, 9.17) is 4.42 Å². The van der Waals surface area contributed by atoms with E-state index >= 15 is 0 Å². The molecule has 0 unspecified atom stereocenters. The number of furan rings is 1. The number of hydrogen-bond acceptors (Lipinski definition) is 3. The maximum atomic E-state index is 12.3. The van der Waals surface area contributed by atoms with Crippen LogP contribution in [0.4, 0.5) is 11.4 Å². The van der Waals surface area contributed by atoms with Crippen LogP contribution in [0.2, 0.25) is 0 Å². The fourth-order valence-electron chi connectivity index (χ4n) is 3.17. The number of nitrogens with one attached hydrogen (secondary N) is 1. The largest absolute Gasteiger partial charge is 0.469 e. The van der Waals surface area contributed by atoms with Gasteiger partial charge in [0.05, 0.1) is 6.26 Å². The second-order valence-electron chi connectivity index (χ2n) is 6.49. The molecule has 5 heteroatoms. The summed E-state index contributed by atoms with van der Waals surface area (Å²) in [6.07, 6.45) is 5.49. The van der Waals surface area contributed by atoms with Crippen molar-refractivity contribution in [3.8, 4) is 0 Å². The molecule has 1 aliphatic heterocycles. The lowest BCUT2D eigenvalue weighted by Crippen LogP contribution is -2.30. The van der Waals surface area contributed by atoms with Gasteiger partial charge in [0, 0.05) is 36.7 Å². The summed E-state index contributed by atoms with van der Waals surface area (Å²) in [4.78, 5) is 26.2. The molecule has 0 spiro atoms. The third-order valence-corrected chi connectivity index (χ3v) is 4.63. The molecule has 1 aliphatic carbocycles. The van der Waals surface area contributed by atoms with Gasteiger partial charge >= 0.3 is 0 Å². The summed E-state index contributed by atoms with van der Waals surface area (Å²) < 4.78 is 5.24. The molecule has 0 bridgehead atoms. The molecule has 1 aromatic heterocycles. The summed E-state index contributed by atoms with van der Waals surface area (Å²) in [5, 5.41) is 2.93. The van der Waals surface area contributed by atoms with Crippen LogP contribution in [0.25, 0.3) is 0 Å². The number of aryl methyl sites for hydroxylation is 1. The first-order valence-electron chi connectivity index (χ1n) is 8.47. The van der Waals surface area contributed by atoms with Gasteiger partial charge in [-0.05, 0) is 55.2 Å². The van der Waals surface area contributed by atoms with Crippen LogP contribution in [0.1, 0.15) is 30.6 Å². The molecular weight excluding hydrogens is 304 g/mol. The Labute approximate surface area is 140 Å². The molecule has 4 rings (SSSR count). The van der Waals surface area contributed by atoms with Gasteiger partial charge in [0.2, 0.25) is 11.8 Å². The summed E-state index contributed by atoms with van der Waals surface area (Å²) in [6.45, 7) is 0.751. The number of nitrogens with zero attached hydrogens (tertiary/aromatic N) is 1. The standard InChI is InChI=1S/C19H20N2O3/c22-18(8-6-16-2-1-11-24-16)20-15-5-7-17-14(12-15)9-10-21(17)19(23)13-3-4-13/h1-2,5,7,11-13H,3-4,6,8-10H2,(H,20,22). The van der Waals surface area contributed by atoms with Gasteiger partial charge in [0.15, 0.2) is 0 Å². The molecule has 2 heterocycles. The lowest BCUT2D eigenvalue weighted by Gasteiger charge is -2.17. The van der Waals surface area contributed by atoms with Crippen LogP contribution in [-0.2, 0) is 22.4 Å². The normalized spacial score (nSPS) is 16.1.